The molecule has 1 aliphatic rings. The van der Waals surface area contributed by atoms with Crippen molar-refractivity contribution in [1.29, 1.82) is 0 Å². The molecule has 3 heterocycles. The Labute approximate surface area is 160 Å². The lowest BCUT2D eigenvalue weighted by atomic mass is 9.99. The zero-order valence-electron chi connectivity index (χ0n) is 14.8. The zero-order chi connectivity index (χ0) is 18.0. The van der Waals surface area contributed by atoms with Gasteiger partial charge in [-0.3, -0.25) is 20.1 Å². The van der Waals surface area contributed by atoms with E-state index < -0.39 is 0 Å². The summed E-state index contributed by atoms with van der Waals surface area (Å²) in [5.74, 6) is 0.842. The van der Waals surface area contributed by atoms with Gasteiger partial charge < -0.3 is 0 Å². The van der Waals surface area contributed by atoms with E-state index in [2.05, 4.69) is 62.1 Å². The molecule has 1 amide bonds. The standard InChI is InChI=1S/C17H24BrN5OS/c1-10(2)14-13(18)15(22-21-14)16(24)20-17-19-12(9-25-17)8-23-6-4-11(3)5-7-23/h9-11H,4-8H2,1-3H3,(H,21,22)(H,19,20,24). The van der Waals surface area contributed by atoms with Crippen molar-refractivity contribution in [3.8, 4) is 0 Å². The van der Waals surface area contributed by atoms with Crippen LogP contribution >= 0.6 is 27.3 Å². The second kappa shape index (κ2) is 7.97. The van der Waals surface area contributed by atoms with Crippen molar-refractivity contribution >= 4 is 38.3 Å². The molecule has 0 aromatic carbocycles. The Balaban J connectivity index is 1.60. The molecule has 0 aliphatic carbocycles. The summed E-state index contributed by atoms with van der Waals surface area (Å²) in [4.78, 5) is 19.4. The number of H-pyrrole nitrogens is 1. The van der Waals surface area contributed by atoms with Crippen LogP contribution in [0.1, 0.15) is 61.4 Å². The number of hydrogen-bond acceptors (Lipinski definition) is 5. The van der Waals surface area contributed by atoms with Crippen LogP contribution in [0.4, 0.5) is 5.13 Å². The minimum Gasteiger partial charge on any atom is -0.297 e. The summed E-state index contributed by atoms with van der Waals surface area (Å²) in [6.45, 7) is 9.51. The fourth-order valence-electron chi connectivity index (χ4n) is 2.92. The summed E-state index contributed by atoms with van der Waals surface area (Å²) < 4.78 is 0.721. The monoisotopic (exact) mass is 425 g/mol. The van der Waals surface area contributed by atoms with Gasteiger partial charge in [-0.15, -0.1) is 11.3 Å². The van der Waals surface area contributed by atoms with Crippen LogP contribution in [0, 0.1) is 5.92 Å². The van der Waals surface area contributed by atoms with E-state index in [9.17, 15) is 4.79 Å². The highest BCUT2D eigenvalue weighted by atomic mass is 79.9. The summed E-state index contributed by atoms with van der Waals surface area (Å²) in [6, 6.07) is 0. The molecule has 0 saturated carbocycles. The fraction of sp³-hybridized carbons (Fsp3) is 0.588. The third kappa shape index (κ3) is 4.48. The lowest BCUT2D eigenvalue weighted by Gasteiger charge is -2.29. The predicted molar refractivity (Wildman–Crippen MR) is 104 cm³/mol. The van der Waals surface area contributed by atoms with Crippen LogP contribution in [0.25, 0.3) is 0 Å². The summed E-state index contributed by atoms with van der Waals surface area (Å²) in [6.07, 6.45) is 2.50. The lowest BCUT2D eigenvalue weighted by Crippen LogP contribution is -2.32. The van der Waals surface area contributed by atoms with Gasteiger partial charge in [0.05, 0.1) is 15.9 Å². The largest absolute Gasteiger partial charge is 0.297 e. The van der Waals surface area contributed by atoms with Crippen molar-refractivity contribution in [3.63, 3.8) is 0 Å². The third-order valence-corrected chi connectivity index (χ3v) is 6.17. The minimum absolute atomic E-state index is 0.247. The second-order valence-corrected chi connectivity index (χ2v) is 8.66. The van der Waals surface area contributed by atoms with Crippen LogP contribution in [-0.2, 0) is 6.54 Å². The fourth-order valence-corrected chi connectivity index (χ4v) is 4.43. The Morgan fingerprint density at radius 3 is 2.84 bits per heavy atom. The first kappa shape index (κ1) is 18.5. The number of piperidine rings is 1. The first-order chi connectivity index (χ1) is 11.9. The molecule has 0 bridgehead atoms. The van der Waals surface area contributed by atoms with Gasteiger partial charge in [0.15, 0.2) is 10.8 Å². The number of thiazole rings is 1. The third-order valence-electron chi connectivity index (χ3n) is 4.56. The van der Waals surface area contributed by atoms with E-state index in [-0.39, 0.29) is 11.8 Å². The number of hydrogen-bond donors (Lipinski definition) is 2. The van der Waals surface area contributed by atoms with E-state index >= 15 is 0 Å². The van der Waals surface area contributed by atoms with Gasteiger partial charge >= 0.3 is 0 Å². The van der Waals surface area contributed by atoms with Crippen molar-refractivity contribution < 1.29 is 4.79 Å². The van der Waals surface area contributed by atoms with E-state index in [1.807, 2.05) is 5.38 Å². The molecule has 3 rings (SSSR count). The SMILES string of the molecule is CC1CCN(Cc2csc(NC(=O)c3n[nH]c(C(C)C)c3Br)n2)CC1. The smallest absolute Gasteiger partial charge is 0.279 e. The van der Waals surface area contributed by atoms with Crippen LogP contribution in [0.5, 0.6) is 0 Å². The van der Waals surface area contributed by atoms with E-state index in [0.29, 0.717) is 10.8 Å². The van der Waals surface area contributed by atoms with Gasteiger partial charge in [0.2, 0.25) is 0 Å². The molecule has 1 saturated heterocycles. The number of anilines is 1. The molecular formula is C17H24BrN5OS. The maximum absolute atomic E-state index is 12.4. The number of carbonyl (C=O) groups is 1. The van der Waals surface area contributed by atoms with Crippen molar-refractivity contribution in [1.82, 2.24) is 20.1 Å². The number of carbonyl (C=O) groups excluding carboxylic acids is 1. The number of amides is 1. The molecule has 2 N–H and O–H groups in total. The van der Waals surface area contributed by atoms with Gasteiger partial charge in [0, 0.05) is 11.9 Å². The van der Waals surface area contributed by atoms with Crippen LogP contribution < -0.4 is 5.32 Å². The molecule has 0 atom stereocenters. The van der Waals surface area contributed by atoms with Gasteiger partial charge in [-0.1, -0.05) is 20.8 Å². The van der Waals surface area contributed by atoms with Crippen molar-refractivity contribution in [2.75, 3.05) is 18.4 Å². The maximum atomic E-state index is 12.4. The molecule has 6 nitrogen and oxygen atoms in total. The quantitative estimate of drug-likeness (QED) is 0.750. The average Bonchev–Trinajstić information content (AvgIpc) is 3.16. The van der Waals surface area contributed by atoms with Gasteiger partial charge in [0.1, 0.15) is 0 Å². The van der Waals surface area contributed by atoms with E-state index in [0.717, 1.165) is 41.4 Å². The van der Waals surface area contributed by atoms with E-state index in [4.69, 9.17) is 0 Å². The van der Waals surface area contributed by atoms with Crippen LogP contribution in [-0.4, -0.2) is 39.1 Å². The van der Waals surface area contributed by atoms with Gasteiger partial charge in [-0.25, -0.2) is 4.98 Å². The number of aromatic nitrogens is 3. The average molecular weight is 426 g/mol. The Bertz CT molecular complexity index is 733. The van der Waals surface area contributed by atoms with Gasteiger partial charge in [0.25, 0.3) is 5.91 Å². The summed E-state index contributed by atoms with van der Waals surface area (Å²) in [5.41, 5.74) is 2.30. The Morgan fingerprint density at radius 2 is 2.20 bits per heavy atom. The highest BCUT2D eigenvalue weighted by Crippen LogP contribution is 2.27. The van der Waals surface area contributed by atoms with E-state index in [1.165, 1.54) is 24.2 Å². The molecule has 8 heteroatoms. The molecule has 0 unspecified atom stereocenters. The summed E-state index contributed by atoms with van der Waals surface area (Å²) in [7, 11) is 0. The molecule has 0 radical (unpaired) electrons. The van der Waals surface area contributed by atoms with Crippen molar-refractivity contribution in [2.45, 2.75) is 46.1 Å². The Morgan fingerprint density at radius 1 is 1.48 bits per heavy atom. The molecule has 25 heavy (non-hydrogen) atoms. The highest BCUT2D eigenvalue weighted by molar-refractivity contribution is 9.10. The molecule has 1 aliphatic heterocycles. The number of halogens is 1. The number of likely N-dealkylation sites (tertiary alicyclic amines) is 1. The first-order valence-corrected chi connectivity index (χ1v) is 10.3. The van der Waals surface area contributed by atoms with Gasteiger partial charge in [-0.05, 0) is 53.7 Å². The molecule has 0 spiro atoms. The van der Waals surface area contributed by atoms with E-state index in [1.54, 1.807) is 0 Å². The normalized spacial score (nSPS) is 16.5. The minimum atomic E-state index is -0.247. The highest BCUT2D eigenvalue weighted by Gasteiger charge is 2.21. The van der Waals surface area contributed by atoms with Gasteiger partial charge in [-0.2, -0.15) is 5.10 Å². The molecule has 2 aromatic rings. The topological polar surface area (TPSA) is 73.9 Å². The predicted octanol–water partition coefficient (Wildman–Crippen LogP) is 4.24. The number of rotatable bonds is 5. The Hall–Kier alpha value is -1.25. The van der Waals surface area contributed by atoms with Crippen LogP contribution in [0.2, 0.25) is 0 Å². The number of aromatic amines is 1. The second-order valence-electron chi connectivity index (χ2n) is 7.01. The molecule has 1 fully saturated rings. The molecule has 2 aromatic heterocycles. The lowest BCUT2D eigenvalue weighted by molar-refractivity contribution is 0.102. The number of nitrogens with one attached hydrogen (secondary N) is 2. The number of nitrogens with zero attached hydrogens (tertiary/aromatic N) is 3. The summed E-state index contributed by atoms with van der Waals surface area (Å²) in [5, 5.41) is 12.5. The Kier molecular flexibility index (Phi) is 5.91. The first-order valence-electron chi connectivity index (χ1n) is 8.66. The zero-order valence-corrected chi connectivity index (χ0v) is 17.2. The molecular weight excluding hydrogens is 402 g/mol. The van der Waals surface area contributed by atoms with Crippen molar-refractivity contribution in [3.05, 3.63) is 26.9 Å². The molecule has 136 valence electrons. The van der Waals surface area contributed by atoms with Crippen LogP contribution in [0.3, 0.4) is 0 Å². The maximum Gasteiger partial charge on any atom is 0.279 e. The van der Waals surface area contributed by atoms with Crippen molar-refractivity contribution in [2.24, 2.45) is 5.92 Å². The summed E-state index contributed by atoms with van der Waals surface area (Å²) >= 11 is 4.92. The van der Waals surface area contributed by atoms with Crippen LogP contribution in [0.15, 0.2) is 9.85 Å².